The van der Waals surface area contributed by atoms with Gasteiger partial charge in [-0.2, -0.15) is 0 Å². The molecule has 2 amide bonds. The summed E-state index contributed by atoms with van der Waals surface area (Å²) >= 11 is 0. The molecule has 0 aliphatic carbocycles. The standard InChI is InChI=1S/C13H20N2O5/c1-17-10-5-9(6-11(7-10)18-2)15-13(16)14-8-12(19-3)20-4/h5-7,12H,8H2,1-4H3,(H2,14,15,16). The molecule has 1 aromatic carbocycles. The van der Waals surface area contributed by atoms with E-state index >= 15 is 0 Å². The third-order valence-corrected chi connectivity index (χ3v) is 2.56. The molecule has 0 aromatic heterocycles. The molecular formula is C13H20N2O5. The minimum atomic E-state index is -0.486. The van der Waals surface area contributed by atoms with Crippen molar-refractivity contribution in [3.05, 3.63) is 18.2 Å². The van der Waals surface area contributed by atoms with Crippen LogP contribution in [0.1, 0.15) is 0 Å². The van der Waals surface area contributed by atoms with E-state index in [0.717, 1.165) is 0 Å². The molecule has 7 nitrogen and oxygen atoms in total. The Hall–Kier alpha value is -1.99. The van der Waals surface area contributed by atoms with Crippen LogP contribution in [0.2, 0.25) is 0 Å². The average molecular weight is 284 g/mol. The minimum Gasteiger partial charge on any atom is -0.497 e. The van der Waals surface area contributed by atoms with E-state index in [2.05, 4.69) is 10.6 Å². The Morgan fingerprint density at radius 3 is 2.05 bits per heavy atom. The van der Waals surface area contributed by atoms with Crippen molar-refractivity contribution in [2.75, 3.05) is 40.3 Å². The van der Waals surface area contributed by atoms with Gasteiger partial charge in [0.15, 0.2) is 6.29 Å². The number of carbonyl (C=O) groups excluding carboxylic acids is 1. The summed E-state index contributed by atoms with van der Waals surface area (Å²) in [5, 5.41) is 5.30. The fourth-order valence-corrected chi connectivity index (χ4v) is 1.49. The highest BCUT2D eigenvalue weighted by atomic mass is 16.7. The van der Waals surface area contributed by atoms with Crippen LogP contribution in [0.5, 0.6) is 11.5 Å². The number of hydrogen-bond acceptors (Lipinski definition) is 5. The normalized spacial score (nSPS) is 10.2. The number of benzene rings is 1. The van der Waals surface area contributed by atoms with Crippen molar-refractivity contribution in [2.24, 2.45) is 0 Å². The maximum atomic E-state index is 11.7. The number of urea groups is 1. The SMILES string of the molecule is COc1cc(NC(=O)NCC(OC)OC)cc(OC)c1. The van der Waals surface area contributed by atoms with E-state index in [4.69, 9.17) is 18.9 Å². The Kier molecular flexibility index (Phi) is 6.61. The van der Waals surface area contributed by atoms with E-state index in [1.165, 1.54) is 14.2 Å². The molecule has 0 aliphatic heterocycles. The topological polar surface area (TPSA) is 78.1 Å². The number of rotatable bonds is 7. The third kappa shape index (κ3) is 4.94. The lowest BCUT2D eigenvalue weighted by Crippen LogP contribution is -2.36. The van der Waals surface area contributed by atoms with Crippen LogP contribution in [0.3, 0.4) is 0 Å². The molecule has 0 fully saturated rings. The first-order chi connectivity index (χ1) is 9.62. The van der Waals surface area contributed by atoms with E-state index in [0.29, 0.717) is 17.2 Å². The van der Waals surface area contributed by atoms with Crippen LogP contribution in [0.15, 0.2) is 18.2 Å². The van der Waals surface area contributed by atoms with Crippen LogP contribution in [0.4, 0.5) is 10.5 Å². The summed E-state index contributed by atoms with van der Waals surface area (Å²) in [4.78, 5) is 11.7. The molecule has 112 valence electrons. The van der Waals surface area contributed by atoms with E-state index in [1.807, 2.05) is 0 Å². The first-order valence-corrected chi connectivity index (χ1v) is 5.96. The molecule has 0 heterocycles. The van der Waals surface area contributed by atoms with Crippen LogP contribution in [-0.2, 0) is 9.47 Å². The Labute approximate surface area is 118 Å². The molecule has 1 aromatic rings. The fourth-order valence-electron chi connectivity index (χ4n) is 1.49. The molecule has 0 spiro atoms. The lowest BCUT2D eigenvalue weighted by atomic mass is 10.3. The zero-order chi connectivity index (χ0) is 15.0. The molecule has 2 N–H and O–H groups in total. The van der Waals surface area contributed by atoms with Crippen molar-refractivity contribution in [3.63, 3.8) is 0 Å². The largest absolute Gasteiger partial charge is 0.497 e. The van der Waals surface area contributed by atoms with Crippen molar-refractivity contribution < 1.29 is 23.7 Å². The van der Waals surface area contributed by atoms with Gasteiger partial charge < -0.3 is 29.6 Å². The molecule has 20 heavy (non-hydrogen) atoms. The maximum absolute atomic E-state index is 11.7. The summed E-state index contributed by atoms with van der Waals surface area (Å²) < 4.78 is 20.2. The van der Waals surface area contributed by atoms with Crippen LogP contribution in [-0.4, -0.2) is 47.3 Å². The van der Waals surface area contributed by atoms with Gasteiger partial charge in [0.05, 0.1) is 20.8 Å². The molecule has 0 bridgehead atoms. The second kappa shape index (κ2) is 8.23. The van der Waals surface area contributed by atoms with Crippen LogP contribution in [0, 0.1) is 0 Å². The Balaban J connectivity index is 2.61. The van der Waals surface area contributed by atoms with Crippen molar-refractivity contribution in [2.45, 2.75) is 6.29 Å². The molecule has 1 rings (SSSR count). The molecule has 0 radical (unpaired) electrons. The minimum absolute atomic E-state index is 0.236. The lowest BCUT2D eigenvalue weighted by Gasteiger charge is -2.15. The van der Waals surface area contributed by atoms with Crippen molar-refractivity contribution in [1.29, 1.82) is 0 Å². The molecule has 7 heteroatoms. The zero-order valence-corrected chi connectivity index (χ0v) is 12.1. The molecule has 0 unspecified atom stereocenters. The van der Waals surface area contributed by atoms with Gasteiger partial charge in [0.25, 0.3) is 0 Å². The van der Waals surface area contributed by atoms with E-state index < -0.39 is 6.29 Å². The second-order valence-corrected chi connectivity index (χ2v) is 3.84. The number of anilines is 1. The number of carbonyl (C=O) groups is 1. The third-order valence-electron chi connectivity index (χ3n) is 2.56. The van der Waals surface area contributed by atoms with Gasteiger partial charge >= 0.3 is 6.03 Å². The van der Waals surface area contributed by atoms with Crippen LogP contribution in [0.25, 0.3) is 0 Å². The van der Waals surface area contributed by atoms with Crippen molar-refractivity contribution in [3.8, 4) is 11.5 Å². The van der Waals surface area contributed by atoms with Gasteiger partial charge in [0.2, 0.25) is 0 Å². The van der Waals surface area contributed by atoms with Gasteiger partial charge in [-0.05, 0) is 0 Å². The van der Waals surface area contributed by atoms with Gasteiger partial charge in [-0.3, -0.25) is 0 Å². The zero-order valence-electron chi connectivity index (χ0n) is 12.1. The number of ether oxygens (including phenoxy) is 4. The summed E-state index contributed by atoms with van der Waals surface area (Å²) in [6.07, 6.45) is -0.486. The number of methoxy groups -OCH3 is 4. The van der Waals surface area contributed by atoms with Gasteiger partial charge in [-0.15, -0.1) is 0 Å². The molecule has 0 atom stereocenters. The highest BCUT2D eigenvalue weighted by Gasteiger charge is 2.09. The van der Waals surface area contributed by atoms with Crippen molar-refractivity contribution >= 4 is 11.7 Å². The predicted molar refractivity (Wildman–Crippen MR) is 74.4 cm³/mol. The second-order valence-electron chi connectivity index (χ2n) is 3.84. The van der Waals surface area contributed by atoms with Crippen molar-refractivity contribution in [1.82, 2.24) is 5.32 Å². The Morgan fingerprint density at radius 2 is 1.60 bits per heavy atom. The Bertz CT molecular complexity index is 413. The fraction of sp³-hybridized carbons (Fsp3) is 0.462. The van der Waals surface area contributed by atoms with Gasteiger partial charge in [-0.1, -0.05) is 0 Å². The molecule has 0 aliphatic rings. The van der Waals surface area contributed by atoms with Crippen LogP contribution < -0.4 is 20.1 Å². The Morgan fingerprint density at radius 1 is 1.05 bits per heavy atom. The van der Waals surface area contributed by atoms with Crippen LogP contribution >= 0.6 is 0 Å². The average Bonchev–Trinajstić information content (AvgIpc) is 2.47. The lowest BCUT2D eigenvalue weighted by molar-refractivity contribution is -0.0970. The summed E-state index contributed by atoms with van der Waals surface area (Å²) in [6.45, 7) is 0.236. The van der Waals surface area contributed by atoms with E-state index in [1.54, 1.807) is 32.4 Å². The quantitative estimate of drug-likeness (QED) is 0.741. The summed E-state index contributed by atoms with van der Waals surface area (Å²) in [6, 6.07) is 4.72. The van der Waals surface area contributed by atoms with E-state index in [9.17, 15) is 4.79 Å². The summed E-state index contributed by atoms with van der Waals surface area (Å²) in [7, 11) is 6.09. The van der Waals surface area contributed by atoms with Gasteiger partial charge in [0.1, 0.15) is 11.5 Å². The first kappa shape index (κ1) is 16.1. The highest BCUT2D eigenvalue weighted by molar-refractivity contribution is 5.89. The maximum Gasteiger partial charge on any atom is 0.319 e. The molecule has 0 saturated heterocycles. The molecular weight excluding hydrogens is 264 g/mol. The van der Waals surface area contributed by atoms with Gasteiger partial charge in [-0.25, -0.2) is 4.79 Å². The summed E-state index contributed by atoms with van der Waals surface area (Å²) in [5.74, 6) is 1.18. The number of amides is 2. The molecule has 0 saturated carbocycles. The highest BCUT2D eigenvalue weighted by Crippen LogP contribution is 2.25. The summed E-state index contributed by atoms with van der Waals surface area (Å²) in [5.41, 5.74) is 0.560. The van der Waals surface area contributed by atoms with Gasteiger partial charge in [0, 0.05) is 38.1 Å². The number of nitrogens with one attached hydrogen (secondary N) is 2. The monoisotopic (exact) mass is 284 g/mol. The smallest absolute Gasteiger partial charge is 0.319 e. The predicted octanol–water partition coefficient (Wildman–Crippen LogP) is 1.44. The first-order valence-electron chi connectivity index (χ1n) is 5.96. The van der Waals surface area contributed by atoms with E-state index in [-0.39, 0.29) is 12.6 Å². The number of hydrogen-bond donors (Lipinski definition) is 2.